The standard InChI is InChI=1S/C11H13F3N2O3S/c1-20(18,19)9-4-2-8(3-5-9)15-6-10(17)16-7-11(12,13)14/h2-5,15H,6-7H2,1H3,(H,16,17). The number of carbonyl (C=O) groups is 1. The molecule has 1 amide bonds. The molecule has 1 aromatic carbocycles. The number of benzene rings is 1. The molecule has 0 atom stereocenters. The van der Waals surface area contributed by atoms with Crippen LogP contribution in [0.3, 0.4) is 0 Å². The van der Waals surface area contributed by atoms with Crippen LogP contribution in [0.1, 0.15) is 0 Å². The summed E-state index contributed by atoms with van der Waals surface area (Å²) in [6.07, 6.45) is -3.40. The van der Waals surface area contributed by atoms with E-state index in [-0.39, 0.29) is 11.4 Å². The maximum atomic E-state index is 11.8. The monoisotopic (exact) mass is 310 g/mol. The van der Waals surface area contributed by atoms with Crippen LogP contribution >= 0.6 is 0 Å². The van der Waals surface area contributed by atoms with Gasteiger partial charge in [-0.25, -0.2) is 8.42 Å². The van der Waals surface area contributed by atoms with E-state index in [0.29, 0.717) is 5.69 Å². The van der Waals surface area contributed by atoms with Crippen molar-refractivity contribution in [2.24, 2.45) is 0 Å². The number of rotatable bonds is 5. The van der Waals surface area contributed by atoms with E-state index in [1.165, 1.54) is 24.3 Å². The lowest BCUT2D eigenvalue weighted by Gasteiger charge is -2.10. The van der Waals surface area contributed by atoms with E-state index in [1.807, 2.05) is 0 Å². The first-order valence-electron chi connectivity index (χ1n) is 5.45. The Morgan fingerprint density at radius 3 is 2.20 bits per heavy atom. The van der Waals surface area contributed by atoms with Gasteiger partial charge in [0.1, 0.15) is 6.54 Å². The fourth-order valence-corrected chi connectivity index (χ4v) is 1.89. The smallest absolute Gasteiger partial charge is 0.376 e. The van der Waals surface area contributed by atoms with Crippen LogP contribution in [-0.4, -0.2) is 39.8 Å². The summed E-state index contributed by atoms with van der Waals surface area (Å²) in [6, 6.07) is 5.53. The van der Waals surface area contributed by atoms with E-state index in [1.54, 1.807) is 5.32 Å². The number of carbonyl (C=O) groups excluding carboxylic acids is 1. The van der Waals surface area contributed by atoms with Crippen LogP contribution in [0, 0.1) is 0 Å². The number of amides is 1. The summed E-state index contributed by atoms with van der Waals surface area (Å²) in [6.45, 7) is -1.73. The summed E-state index contributed by atoms with van der Waals surface area (Å²) in [5, 5.41) is 4.29. The van der Waals surface area contributed by atoms with Crippen molar-refractivity contribution in [3.05, 3.63) is 24.3 Å². The first-order chi connectivity index (χ1) is 9.08. The lowest BCUT2D eigenvalue weighted by molar-refractivity contribution is -0.137. The number of anilines is 1. The van der Waals surface area contributed by atoms with Gasteiger partial charge < -0.3 is 10.6 Å². The third kappa shape index (κ3) is 5.91. The van der Waals surface area contributed by atoms with E-state index in [4.69, 9.17) is 0 Å². The SMILES string of the molecule is CS(=O)(=O)c1ccc(NCC(=O)NCC(F)(F)F)cc1. The molecule has 5 nitrogen and oxygen atoms in total. The first kappa shape index (κ1) is 16.3. The molecule has 0 saturated heterocycles. The van der Waals surface area contributed by atoms with Crippen molar-refractivity contribution in [3.63, 3.8) is 0 Å². The third-order valence-electron chi connectivity index (χ3n) is 2.22. The van der Waals surface area contributed by atoms with Gasteiger partial charge in [0.15, 0.2) is 9.84 Å². The van der Waals surface area contributed by atoms with Gasteiger partial charge >= 0.3 is 6.18 Å². The molecule has 0 aliphatic carbocycles. The van der Waals surface area contributed by atoms with Crippen LogP contribution in [0.4, 0.5) is 18.9 Å². The molecule has 0 radical (unpaired) electrons. The largest absolute Gasteiger partial charge is 0.405 e. The quantitative estimate of drug-likeness (QED) is 0.856. The zero-order chi connectivity index (χ0) is 15.4. The maximum Gasteiger partial charge on any atom is 0.405 e. The molecule has 2 N–H and O–H groups in total. The third-order valence-corrected chi connectivity index (χ3v) is 3.35. The topological polar surface area (TPSA) is 75.3 Å². The highest BCUT2D eigenvalue weighted by Gasteiger charge is 2.27. The minimum Gasteiger partial charge on any atom is -0.376 e. The molecule has 1 rings (SSSR count). The molecule has 0 heterocycles. The summed E-state index contributed by atoms with van der Waals surface area (Å²) < 4.78 is 57.9. The molecule has 0 aliphatic rings. The lowest BCUT2D eigenvalue weighted by Crippen LogP contribution is -2.37. The molecule has 0 spiro atoms. The van der Waals surface area contributed by atoms with Gasteiger partial charge in [-0.05, 0) is 24.3 Å². The van der Waals surface area contributed by atoms with E-state index < -0.39 is 28.5 Å². The minimum absolute atomic E-state index is 0.115. The van der Waals surface area contributed by atoms with E-state index in [9.17, 15) is 26.4 Å². The summed E-state index contributed by atoms with van der Waals surface area (Å²) in [5.74, 6) is -0.811. The van der Waals surface area contributed by atoms with Crippen molar-refractivity contribution in [2.45, 2.75) is 11.1 Å². The van der Waals surface area contributed by atoms with Crippen molar-refractivity contribution in [1.82, 2.24) is 5.32 Å². The summed E-state index contributed by atoms with van der Waals surface area (Å²) >= 11 is 0. The molecule has 112 valence electrons. The average Bonchev–Trinajstić information content (AvgIpc) is 2.32. The molecule has 0 aliphatic heterocycles. The number of hydrogen-bond donors (Lipinski definition) is 2. The number of sulfone groups is 1. The number of nitrogens with one attached hydrogen (secondary N) is 2. The van der Waals surface area contributed by atoms with Gasteiger partial charge in [0, 0.05) is 11.9 Å². The first-order valence-corrected chi connectivity index (χ1v) is 7.34. The van der Waals surface area contributed by atoms with Gasteiger partial charge in [-0.2, -0.15) is 13.2 Å². The molecule has 0 unspecified atom stereocenters. The number of alkyl halides is 3. The van der Waals surface area contributed by atoms with Crippen molar-refractivity contribution >= 4 is 21.4 Å². The van der Waals surface area contributed by atoms with Crippen molar-refractivity contribution < 1.29 is 26.4 Å². The highest BCUT2D eigenvalue weighted by atomic mass is 32.2. The Morgan fingerprint density at radius 1 is 1.20 bits per heavy atom. The highest BCUT2D eigenvalue weighted by Crippen LogP contribution is 2.14. The number of halogens is 3. The highest BCUT2D eigenvalue weighted by molar-refractivity contribution is 7.90. The molecular formula is C11H13F3N2O3S. The summed E-state index contributed by atoms with van der Waals surface area (Å²) in [4.78, 5) is 11.2. The Bertz CT molecular complexity index is 568. The fourth-order valence-electron chi connectivity index (χ4n) is 1.26. The van der Waals surface area contributed by atoms with Gasteiger partial charge in [-0.1, -0.05) is 0 Å². The van der Waals surface area contributed by atoms with Gasteiger partial charge in [0.25, 0.3) is 0 Å². The van der Waals surface area contributed by atoms with Crippen LogP contribution in [0.5, 0.6) is 0 Å². The van der Waals surface area contributed by atoms with Crippen LogP contribution < -0.4 is 10.6 Å². The van der Waals surface area contributed by atoms with Crippen molar-refractivity contribution in [1.29, 1.82) is 0 Å². The molecule has 20 heavy (non-hydrogen) atoms. The van der Waals surface area contributed by atoms with Crippen LogP contribution in [0.2, 0.25) is 0 Å². The van der Waals surface area contributed by atoms with Crippen LogP contribution in [0.25, 0.3) is 0 Å². The molecule has 0 aromatic heterocycles. The van der Waals surface area contributed by atoms with Crippen molar-refractivity contribution in [3.8, 4) is 0 Å². The Kier molecular flexibility index (Phi) is 4.98. The van der Waals surface area contributed by atoms with Gasteiger partial charge in [-0.15, -0.1) is 0 Å². The Morgan fingerprint density at radius 2 is 1.75 bits per heavy atom. The molecule has 1 aromatic rings. The number of hydrogen-bond acceptors (Lipinski definition) is 4. The molecule has 0 saturated carbocycles. The second kappa shape index (κ2) is 6.12. The average molecular weight is 310 g/mol. The zero-order valence-electron chi connectivity index (χ0n) is 10.5. The minimum atomic E-state index is -4.45. The summed E-state index contributed by atoms with van der Waals surface area (Å²) in [5.41, 5.74) is 0.430. The predicted molar refractivity (Wildman–Crippen MR) is 67.1 cm³/mol. The molecular weight excluding hydrogens is 297 g/mol. The normalized spacial score (nSPS) is 12.0. The van der Waals surface area contributed by atoms with Crippen LogP contribution in [-0.2, 0) is 14.6 Å². The zero-order valence-corrected chi connectivity index (χ0v) is 11.3. The molecule has 0 fully saturated rings. The maximum absolute atomic E-state index is 11.8. The lowest BCUT2D eigenvalue weighted by atomic mass is 10.3. The van der Waals surface area contributed by atoms with Gasteiger partial charge in [0.05, 0.1) is 11.4 Å². The second-order valence-corrected chi connectivity index (χ2v) is 6.06. The Hall–Kier alpha value is -1.77. The predicted octanol–water partition coefficient (Wildman–Crippen LogP) is 1.18. The van der Waals surface area contributed by atoms with E-state index >= 15 is 0 Å². The van der Waals surface area contributed by atoms with Crippen LogP contribution in [0.15, 0.2) is 29.2 Å². The van der Waals surface area contributed by atoms with Crippen molar-refractivity contribution in [2.75, 3.05) is 24.7 Å². The molecule has 0 bridgehead atoms. The van der Waals surface area contributed by atoms with Gasteiger partial charge in [0.2, 0.25) is 5.91 Å². The van der Waals surface area contributed by atoms with E-state index in [0.717, 1.165) is 6.26 Å². The Balaban J connectivity index is 2.48. The second-order valence-electron chi connectivity index (χ2n) is 4.04. The van der Waals surface area contributed by atoms with E-state index in [2.05, 4.69) is 5.32 Å². The Labute approximate surface area is 114 Å². The van der Waals surface area contributed by atoms with Gasteiger partial charge in [-0.3, -0.25) is 4.79 Å². The fraction of sp³-hybridized carbons (Fsp3) is 0.364. The molecule has 9 heteroatoms. The summed E-state index contributed by atoms with van der Waals surface area (Å²) in [7, 11) is -3.31.